The topological polar surface area (TPSA) is 41.6 Å². The summed E-state index contributed by atoms with van der Waals surface area (Å²) in [5, 5.41) is 4.34. The predicted octanol–water partition coefficient (Wildman–Crippen LogP) is 3.12. The van der Waals surface area contributed by atoms with Crippen LogP contribution < -0.4 is 10.3 Å². The Labute approximate surface area is 139 Å². The summed E-state index contributed by atoms with van der Waals surface area (Å²) in [6.45, 7) is 3.70. The molecule has 4 nitrogen and oxygen atoms in total. The molecular weight excluding hydrogens is 314 g/mol. The number of amides is 1. The fraction of sp³-hybridized carbons (Fsp3) is 0.389. The molecule has 0 radical (unpaired) electrons. The summed E-state index contributed by atoms with van der Waals surface area (Å²) in [4.78, 5) is 18.3. The summed E-state index contributed by atoms with van der Waals surface area (Å²) in [5.74, 6) is 0.308. The minimum absolute atomic E-state index is 0.0181. The molecule has 6 heteroatoms. The second-order valence-electron chi connectivity index (χ2n) is 6.24. The number of nitrogens with one attached hydrogen (secondary N) is 1. The number of carbonyl (C=O) groups excluding carboxylic acids is 1. The molecule has 0 aliphatic carbocycles. The van der Waals surface area contributed by atoms with Gasteiger partial charge in [0.15, 0.2) is 5.75 Å². The summed E-state index contributed by atoms with van der Waals surface area (Å²) in [7, 11) is 0. The number of nitrogens with zero attached hydrogens (tertiary/aromatic N) is 1. The number of halogens is 2. The maximum atomic E-state index is 12.5. The highest BCUT2D eigenvalue weighted by Gasteiger charge is 2.31. The molecule has 1 atom stereocenters. The molecule has 2 aromatic rings. The Balaban J connectivity index is 1.66. The van der Waals surface area contributed by atoms with Gasteiger partial charge in [-0.2, -0.15) is 0 Å². The molecule has 128 valence electrons. The van der Waals surface area contributed by atoms with Crippen LogP contribution in [0.25, 0.3) is 10.8 Å². The second kappa shape index (κ2) is 7.13. The minimum Gasteiger partial charge on any atom is -0.349 e. The molecule has 3 rings (SSSR count). The number of carbonyl (C=O) groups is 1. The number of likely N-dealkylation sites (tertiary alicyclic amines) is 1. The van der Waals surface area contributed by atoms with Crippen molar-refractivity contribution >= 4 is 16.7 Å². The maximum Gasteiger partial charge on any atom is 0.251 e. The first-order chi connectivity index (χ1) is 11.6. The van der Waals surface area contributed by atoms with Crippen LogP contribution in [-0.4, -0.2) is 43.2 Å². The van der Waals surface area contributed by atoms with E-state index in [1.807, 2.05) is 11.8 Å². The van der Waals surface area contributed by atoms with Crippen molar-refractivity contribution in [2.75, 3.05) is 26.3 Å². The van der Waals surface area contributed by atoms with Crippen molar-refractivity contribution in [2.45, 2.75) is 13.0 Å². The molecule has 0 spiro atoms. The minimum atomic E-state index is -0.338. The van der Waals surface area contributed by atoms with Gasteiger partial charge in [-0.05, 0) is 36.6 Å². The van der Waals surface area contributed by atoms with Crippen LogP contribution in [0, 0.1) is 5.92 Å². The van der Waals surface area contributed by atoms with Crippen LogP contribution in [0.2, 0.25) is 0 Å². The van der Waals surface area contributed by atoms with E-state index in [1.165, 1.54) is 6.07 Å². The van der Waals surface area contributed by atoms with E-state index in [-0.39, 0.29) is 24.4 Å². The Morgan fingerprint density at radius 3 is 2.88 bits per heavy atom. The highest BCUT2D eigenvalue weighted by molar-refractivity contribution is 6.00. The molecule has 1 saturated heterocycles. The summed E-state index contributed by atoms with van der Waals surface area (Å²) in [5.41, 5.74) is 0.519. The molecule has 0 saturated carbocycles. The SMILES string of the molecule is C[C@@H](NC(=O)c1ccc2c(OF)cccc2c1)C1CN(CCF)C1. The molecule has 1 aliphatic rings. The van der Waals surface area contributed by atoms with Gasteiger partial charge in [-0.3, -0.25) is 14.6 Å². The van der Waals surface area contributed by atoms with Gasteiger partial charge >= 0.3 is 0 Å². The number of alkyl halides is 1. The van der Waals surface area contributed by atoms with Crippen LogP contribution in [-0.2, 0) is 0 Å². The van der Waals surface area contributed by atoms with Gasteiger partial charge in [0.1, 0.15) is 6.67 Å². The molecule has 1 heterocycles. The third kappa shape index (κ3) is 3.33. The van der Waals surface area contributed by atoms with E-state index in [2.05, 4.69) is 10.3 Å². The number of rotatable bonds is 6. The largest absolute Gasteiger partial charge is 0.349 e. The van der Waals surface area contributed by atoms with Crippen LogP contribution >= 0.6 is 0 Å². The lowest BCUT2D eigenvalue weighted by Gasteiger charge is -2.42. The normalized spacial score (nSPS) is 16.6. The van der Waals surface area contributed by atoms with Gasteiger partial charge in [0.05, 0.1) is 0 Å². The van der Waals surface area contributed by atoms with Crippen molar-refractivity contribution < 1.29 is 18.7 Å². The average Bonchev–Trinajstić information content (AvgIpc) is 2.56. The summed E-state index contributed by atoms with van der Waals surface area (Å²) >= 11 is 0. The van der Waals surface area contributed by atoms with Gasteiger partial charge in [-0.1, -0.05) is 12.1 Å². The Hall–Kier alpha value is -2.21. The maximum absolute atomic E-state index is 12.5. The van der Waals surface area contributed by atoms with E-state index in [4.69, 9.17) is 0 Å². The lowest BCUT2D eigenvalue weighted by atomic mass is 9.92. The predicted molar refractivity (Wildman–Crippen MR) is 88.5 cm³/mol. The Bertz CT molecular complexity index is 732. The molecule has 2 aromatic carbocycles. The Morgan fingerprint density at radius 2 is 2.17 bits per heavy atom. The lowest BCUT2D eigenvalue weighted by molar-refractivity contribution is -0.00423. The molecule has 1 aliphatic heterocycles. The van der Waals surface area contributed by atoms with Crippen LogP contribution in [0.3, 0.4) is 0 Å². The lowest BCUT2D eigenvalue weighted by Crippen LogP contribution is -2.56. The zero-order chi connectivity index (χ0) is 17.1. The Kier molecular flexibility index (Phi) is 4.94. The van der Waals surface area contributed by atoms with Crippen molar-refractivity contribution in [1.29, 1.82) is 0 Å². The number of hydrogen-bond donors (Lipinski definition) is 1. The quantitative estimate of drug-likeness (QED) is 0.882. The second-order valence-corrected chi connectivity index (χ2v) is 6.24. The molecule has 0 bridgehead atoms. The Morgan fingerprint density at radius 1 is 1.38 bits per heavy atom. The van der Waals surface area contributed by atoms with E-state index < -0.39 is 0 Å². The smallest absolute Gasteiger partial charge is 0.251 e. The van der Waals surface area contributed by atoms with Crippen molar-refractivity contribution in [1.82, 2.24) is 10.2 Å². The van der Waals surface area contributed by atoms with Crippen molar-refractivity contribution in [2.24, 2.45) is 5.92 Å². The number of benzene rings is 2. The van der Waals surface area contributed by atoms with Gasteiger partial charge in [-0.25, -0.2) is 4.39 Å². The van der Waals surface area contributed by atoms with E-state index >= 15 is 0 Å². The van der Waals surface area contributed by atoms with Crippen LogP contribution in [0.15, 0.2) is 36.4 Å². The summed E-state index contributed by atoms with van der Waals surface area (Å²) < 4.78 is 24.8. The molecule has 0 unspecified atom stereocenters. The average molecular weight is 334 g/mol. The fourth-order valence-electron chi connectivity index (χ4n) is 3.10. The summed E-state index contributed by atoms with van der Waals surface area (Å²) in [6.07, 6.45) is 0. The first-order valence-corrected chi connectivity index (χ1v) is 8.03. The zero-order valence-electron chi connectivity index (χ0n) is 13.5. The van der Waals surface area contributed by atoms with E-state index in [0.717, 1.165) is 18.5 Å². The van der Waals surface area contributed by atoms with Gasteiger partial charge in [0, 0.05) is 47.1 Å². The molecule has 1 amide bonds. The van der Waals surface area contributed by atoms with Crippen LogP contribution in [0.5, 0.6) is 5.75 Å². The molecular formula is C18H20F2N2O2. The van der Waals surface area contributed by atoms with Crippen molar-refractivity contribution in [3.05, 3.63) is 42.0 Å². The fourth-order valence-corrected chi connectivity index (χ4v) is 3.10. The van der Waals surface area contributed by atoms with Gasteiger partial charge < -0.3 is 5.32 Å². The van der Waals surface area contributed by atoms with E-state index in [0.29, 0.717) is 23.4 Å². The van der Waals surface area contributed by atoms with Crippen LogP contribution in [0.4, 0.5) is 8.92 Å². The van der Waals surface area contributed by atoms with Crippen molar-refractivity contribution in [3.8, 4) is 5.75 Å². The monoisotopic (exact) mass is 334 g/mol. The molecule has 1 N–H and O–H groups in total. The van der Waals surface area contributed by atoms with Crippen molar-refractivity contribution in [3.63, 3.8) is 0 Å². The van der Waals surface area contributed by atoms with Crippen LogP contribution in [0.1, 0.15) is 17.3 Å². The van der Waals surface area contributed by atoms with Gasteiger partial charge in [0.2, 0.25) is 0 Å². The van der Waals surface area contributed by atoms with Gasteiger partial charge in [0.25, 0.3) is 5.91 Å². The zero-order valence-corrected chi connectivity index (χ0v) is 13.5. The molecule has 0 aromatic heterocycles. The first-order valence-electron chi connectivity index (χ1n) is 8.03. The first kappa shape index (κ1) is 16.6. The molecule has 24 heavy (non-hydrogen) atoms. The standard InChI is InChI=1S/C18H20F2N2O2/c1-12(15-10-22(11-15)8-7-19)21-18(23)14-5-6-16-13(9-14)3-2-4-17(16)24-20/h2-6,9,12,15H,7-8,10-11H2,1H3,(H,21,23)/t12-/m1/s1. The highest BCUT2D eigenvalue weighted by Crippen LogP contribution is 2.27. The number of hydrogen-bond acceptors (Lipinski definition) is 3. The third-order valence-electron chi connectivity index (χ3n) is 4.64. The van der Waals surface area contributed by atoms with E-state index in [9.17, 15) is 13.7 Å². The summed E-state index contributed by atoms with van der Waals surface area (Å²) in [6, 6.07) is 10.1. The third-order valence-corrected chi connectivity index (χ3v) is 4.64. The van der Waals surface area contributed by atoms with Gasteiger partial charge in [-0.15, -0.1) is 0 Å². The number of fused-ring (bicyclic) bond motifs is 1. The highest BCUT2D eigenvalue weighted by atomic mass is 19.3. The molecule has 1 fully saturated rings. The van der Waals surface area contributed by atoms with E-state index in [1.54, 1.807) is 30.3 Å².